The highest BCUT2D eigenvalue weighted by molar-refractivity contribution is 5.93. The van der Waals surface area contributed by atoms with Crippen LogP contribution < -0.4 is 19.5 Å². The van der Waals surface area contributed by atoms with Crippen molar-refractivity contribution in [3.05, 3.63) is 48.0 Å². The van der Waals surface area contributed by atoms with Crippen LogP contribution >= 0.6 is 0 Å². The lowest BCUT2D eigenvalue weighted by Crippen LogP contribution is -2.21. The Morgan fingerprint density at radius 1 is 1.00 bits per heavy atom. The van der Waals surface area contributed by atoms with Gasteiger partial charge in [-0.2, -0.15) is 0 Å². The fraction of sp³-hybridized carbons (Fsp3) is 0.350. The highest BCUT2D eigenvalue weighted by Crippen LogP contribution is 2.28. The van der Waals surface area contributed by atoms with Crippen LogP contribution in [0.2, 0.25) is 0 Å². The van der Waals surface area contributed by atoms with Gasteiger partial charge in [0.25, 0.3) is 5.91 Å². The fourth-order valence-corrected chi connectivity index (χ4v) is 2.27. The zero-order valence-electron chi connectivity index (χ0n) is 15.4. The molecule has 0 saturated heterocycles. The SMILES string of the molecule is CCOCCOc1ccccc1NC(=O)COc1ccc(C)cc1OC. The average Bonchev–Trinajstić information content (AvgIpc) is 2.65. The first-order valence-corrected chi connectivity index (χ1v) is 8.51. The van der Waals surface area contributed by atoms with Crippen molar-refractivity contribution in [2.45, 2.75) is 13.8 Å². The van der Waals surface area contributed by atoms with Crippen molar-refractivity contribution in [2.24, 2.45) is 0 Å². The minimum Gasteiger partial charge on any atom is -0.493 e. The van der Waals surface area contributed by atoms with E-state index < -0.39 is 0 Å². The molecule has 0 heterocycles. The molecule has 6 heteroatoms. The largest absolute Gasteiger partial charge is 0.493 e. The van der Waals surface area contributed by atoms with Gasteiger partial charge in [-0.05, 0) is 43.7 Å². The molecule has 0 aliphatic rings. The van der Waals surface area contributed by atoms with Crippen LogP contribution in [0, 0.1) is 6.92 Å². The number of benzene rings is 2. The number of para-hydroxylation sites is 2. The zero-order valence-corrected chi connectivity index (χ0v) is 15.4. The molecule has 0 saturated carbocycles. The molecule has 0 bridgehead atoms. The number of ether oxygens (including phenoxy) is 4. The van der Waals surface area contributed by atoms with E-state index >= 15 is 0 Å². The maximum Gasteiger partial charge on any atom is 0.262 e. The van der Waals surface area contributed by atoms with Crippen LogP contribution in [0.3, 0.4) is 0 Å². The normalized spacial score (nSPS) is 10.3. The Kier molecular flexibility index (Phi) is 7.76. The summed E-state index contributed by atoms with van der Waals surface area (Å²) in [6, 6.07) is 12.8. The molecular formula is C20H25NO5. The van der Waals surface area contributed by atoms with Crippen LogP contribution in [0.1, 0.15) is 12.5 Å². The summed E-state index contributed by atoms with van der Waals surface area (Å²) in [7, 11) is 1.57. The Balaban J connectivity index is 1.92. The van der Waals surface area contributed by atoms with Crippen LogP contribution in [-0.4, -0.2) is 39.4 Å². The summed E-state index contributed by atoms with van der Waals surface area (Å²) >= 11 is 0. The first kappa shape index (κ1) is 19.6. The maximum absolute atomic E-state index is 12.2. The topological polar surface area (TPSA) is 66.0 Å². The molecule has 0 spiro atoms. The van der Waals surface area contributed by atoms with Crippen LogP contribution in [0.4, 0.5) is 5.69 Å². The van der Waals surface area contributed by atoms with Crippen molar-refractivity contribution in [1.29, 1.82) is 0 Å². The number of hydrogen-bond donors (Lipinski definition) is 1. The second-order valence-electron chi connectivity index (χ2n) is 5.53. The van der Waals surface area contributed by atoms with Crippen LogP contribution in [0.5, 0.6) is 17.2 Å². The molecule has 2 aromatic carbocycles. The lowest BCUT2D eigenvalue weighted by molar-refractivity contribution is -0.118. The number of hydrogen-bond acceptors (Lipinski definition) is 5. The molecule has 140 valence electrons. The molecule has 0 aromatic heterocycles. The number of aryl methyl sites for hydroxylation is 1. The summed E-state index contributed by atoms with van der Waals surface area (Å²) in [5, 5.41) is 2.80. The highest BCUT2D eigenvalue weighted by atomic mass is 16.5. The quantitative estimate of drug-likeness (QED) is 0.658. The van der Waals surface area contributed by atoms with Gasteiger partial charge >= 0.3 is 0 Å². The third kappa shape index (κ3) is 5.97. The second-order valence-corrected chi connectivity index (χ2v) is 5.53. The van der Waals surface area contributed by atoms with Crippen molar-refractivity contribution in [2.75, 3.05) is 38.9 Å². The predicted molar refractivity (Wildman–Crippen MR) is 100 cm³/mol. The number of methoxy groups -OCH3 is 1. The zero-order chi connectivity index (χ0) is 18.8. The van der Waals surface area contributed by atoms with Gasteiger partial charge in [-0.3, -0.25) is 4.79 Å². The Morgan fingerprint density at radius 2 is 1.81 bits per heavy atom. The Morgan fingerprint density at radius 3 is 2.58 bits per heavy atom. The van der Waals surface area contributed by atoms with E-state index in [9.17, 15) is 4.79 Å². The standard InChI is InChI=1S/C20H25NO5/c1-4-24-11-12-25-17-8-6-5-7-16(17)21-20(22)14-26-18-10-9-15(2)13-19(18)23-3/h5-10,13H,4,11-12,14H2,1-3H3,(H,21,22). The van der Waals surface area contributed by atoms with E-state index in [2.05, 4.69) is 5.32 Å². The van der Waals surface area contributed by atoms with Crippen molar-refractivity contribution in [3.8, 4) is 17.2 Å². The molecule has 0 aliphatic heterocycles. The molecule has 2 rings (SSSR count). The van der Waals surface area contributed by atoms with Crippen LogP contribution in [-0.2, 0) is 9.53 Å². The second kappa shape index (κ2) is 10.3. The van der Waals surface area contributed by atoms with E-state index in [-0.39, 0.29) is 12.5 Å². The van der Waals surface area contributed by atoms with E-state index in [4.69, 9.17) is 18.9 Å². The van der Waals surface area contributed by atoms with Gasteiger partial charge in [0, 0.05) is 6.61 Å². The van der Waals surface area contributed by atoms with E-state index in [0.29, 0.717) is 42.8 Å². The number of nitrogens with one attached hydrogen (secondary N) is 1. The Hall–Kier alpha value is -2.73. The van der Waals surface area contributed by atoms with Gasteiger partial charge in [0.15, 0.2) is 18.1 Å². The van der Waals surface area contributed by atoms with Gasteiger partial charge in [-0.25, -0.2) is 0 Å². The van der Waals surface area contributed by atoms with E-state index in [0.717, 1.165) is 5.56 Å². The molecule has 0 aliphatic carbocycles. The molecule has 6 nitrogen and oxygen atoms in total. The minimum absolute atomic E-state index is 0.132. The molecular weight excluding hydrogens is 334 g/mol. The molecule has 0 unspecified atom stereocenters. The average molecular weight is 359 g/mol. The molecule has 1 N–H and O–H groups in total. The van der Waals surface area contributed by atoms with Crippen LogP contribution in [0.15, 0.2) is 42.5 Å². The first-order valence-electron chi connectivity index (χ1n) is 8.51. The molecule has 0 atom stereocenters. The van der Waals surface area contributed by atoms with Gasteiger partial charge < -0.3 is 24.3 Å². The summed E-state index contributed by atoms with van der Waals surface area (Å²) in [4.78, 5) is 12.2. The summed E-state index contributed by atoms with van der Waals surface area (Å²) in [6.07, 6.45) is 0. The number of carbonyl (C=O) groups is 1. The van der Waals surface area contributed by atoms with E-state index in [1.165, 1.54) is 0 Å². The first-order chi connectivity index (χ1) is 12.6. The predicted octanol–water partition coefficient (Wildman–Crippen LogP) is 3.44. The Labute approximate surface area is 154 Å². The number of rotatable bonds is 10. The van der Waals surface area contributed by atoms with Gasteiger partial charge in [-0.1, -0.05) is 18.2 Å². The van der Waals surface area contributed by atoms with Crippen LogP contribution in [0.25, 0.3) is 0 Å². The monoisotopic (exact) mass is 359 g/mol. The van der Waals surface area contributed by atoms with Crippen molar-refractivity contribution >= 4 is 11.6 Å². The number of carbonyl (C=O) groups excluding carboxylic acids is 1. The van der Waals surface area contributed by atoms with Gasteiger partial charge in [0.05, 0.1) is 19.4 Å². The smallest absolute Gasteiger partial charge is 0.262 e. The van der Waals surface area contributed by atoms with Crippen molar-refractivity contribution in [3.63, 3.8) is 0 Å². The van der Waals surface area contributed by atoms with Crippen molar-refractivity contribution < 1.29 is 23.7 Å². The fourth-order valence-electron chi connectivity index (χ4n) is 2.27. The summed E-state index contributed by atoms with van der Waals surface area (Å²) in [5.74, 6) is 1.42. The van der Waals surface area contributed by atoms with E-state index in [1.54, 1.807) is 25.3 Å². The lowest BCUT2D eigenvalue weighted by Gasteiger charge is -2.14. The third-order valence-corrected chi connectivity index (χ3v) is 3.53. The third-order valence-electron chi connectivity index (χ3n) is 3.53. The highest BCUT2D eigenvalue weighted by Gasteiger charge is 2.10. The molecule has 0 radical (unpaired) electrons. The summed E-state index contributed by atoms with van der Waals surface area (Å²) < 4.78 is 21.7. The maximum atomic E-state index is 12.2. The minimum atomic E-state index is -0.284. The number of anilines is 1. The summed E-state index contributed by atoms with van der Waals surface area (Å²) in [6.45, 7) is 5.31. The molecule has 1 amide bonds. The van der Waals surface area contributed by atoms with Crippen molar-refractivity contribution in [1.82, 2.24) is 0 Å². The molecule has 26 heavy (non-hydrogen) atoms. The van der Waals surface area contributed by atoms with Gasteiger partial charge in [0.1, 0.15) is 12.4 Å². The summed E-state index contributed by atoms with van der Waals surface area (Å²) in [5.41, 5.74) is 1.64. The lowest BCUT2D eigenvalue weighted by atomic mass is 10.2. The van der Waals surface area contributed by atoms with E-state index in [1.807, 2.05) is 38.1 Å². The van der Waals surface area contributed by atoms with Gasteiger partial charge in [-0.15, -0.1) is 0 Å². The number of amides is 1. The molecule has 0 fully saturated rings. The Bertz CT molecular complexity index is 717. The molecule has 2 aromatic rings. The van der Waals surface area contributed by atoms with Gasteiger partial charge in [0.2, 0.25) is 0 Å².